The molecule has 7 heteroatoms. The van der Waals surface area contributed by atoms with E-state index in [2.05, 4.69) is 50.6 Å². The van der Waals surface area contributed by atoms with Gasteiger partial charge in [-0.15, -0.1) is 11.3 Å². The van der Waals surface area contributed by atoms with Crippen molar-refractivity contribution in [2.24, 2.45) is 4.99 Å². The number of hydrogen-bond acceptors (Lipinski definition) is 5. The Hall–Kier alpha value is -2.12. The molecule has 1 aliphatic heterocycles. The lowest BCUT2D eigenvalue weighted by Gasteiger charge is -2.29. The highest BCUT2D eigenvalue weighted by Crippen LogP contribution is 2.18. The Kier molecular flexibility index (Phi) is 6.85. The van der Waals surface area contributed by atoms with E-state index in [1.165, 1.54) is 15.3 Å². The molecule has 0 amide bonds. The van der Waals surface area contributed by atoms with Crippen LogP contribution in [0.1, 0.15) is 22.2 Å². The molecule has 0 bridgehead atoms. The minimum absolute atomic E-state index is 0.685. The van der Waals surface area contributed by atoms with Crippen LogP contribution >= 0.6 is 11.3 Å². The minimum Gasteiger partial charge on any atom is -0.378 e. The summed E-state index contributed by atoms with van der Waals surface area (Å²) in [6.45, 7) is 6.94. The molecule has 1 saturated heterocycles. The van der Waals surface area contributed by atoms with Crippen LogP contribution in [0.15, 0.2) is 35.5 Å². The number of thiophene rings is 1. The third kappa shape index (κ3) is 4.95. The number of rotatable bonds is 6. The molecule has 0 saturated carbocycles. The number of aromatic nitrogens is 1. The standard InChI is InChI=1S/C19H27N5OS/c1-3-16-6-7-17(26-16)14-23-19(20-2)22-13-15-5-4-8-21-18(15)24-9-11-25-12-10-24/h4-8H,3,9-14H2,1-2H3,(H2,20,22,23). The lowest BCUT2D eigenvalue weighted by Crippen LogP contribution is -2.39. The average Bonchev–Trinajstić information content (AvgIpc) is 3.17. The van der Waals surface area contributed by atoms with Gasteiger partial charge in [-0.25, -0.2) is 4.98 Å². The minimum atomic E-state index is 0.685. The van der Waals surface area contributed by atoms with Gasteiger partial charge in [0.25, 0.3) is 0 Å². The van der Waals surface area contributed by atoms with E-state index >= 15 is 0 Å². The van der Waals surface area contributed by atoms with Crippen LogP contribution < -0.4 is 15.5 Å². The molecule has 6 nitrogen and oxygen atoms in total. The van der Waals surface area contributed by atoms with Gasteiger partial charge in [0.05, 0.1) is 19.8 Å². The maximum atomic E-state index is 5.45. The van der Waals surface area contributed by atoms with Gasteiger partial charge < -0.3 is 20.3 Å². The molecule has 0 aromatic carbocycles. The predicted octanol–water partition coefficient (Wildman–Crippen LogP) is 2.41. The third-order valence-electron chi connectivity index (χ3n) is 4.34. The maximum absolute atomic E-state index is 5.45. The van der Waals surface area contributed by atoms with Gasteiger partial charge in [0.2, 0.25) is 0 Å². The van der Waals surface area contributed by atoms with E-state index in [4.69, 9.17) is 4.74 Å². The molecule has 3 rings (SSSR count). The Morgan fingerprint density at radius 1 is 1.19 bits per heavy atom. The van der Waals surface area contributed by atoms with Crippen molar-refractivity contribution in [3.63, 3.8) is 0 Å². The maximum Gasteiger partial charge on any atom is 0.191 e. The molecule has 2 aromatic rings. The first kappa shape index (κ1) is 18.7. The highest BCUT2D eigenvalue weighted by Gasteiger charge is 2.15. The molecule has 26 heavy (non-hydrogen) atoms. The van der Waals surface area contributed by atoms with Crippen LogP contribution in [0.5, 0.6) is 0 Å². The summed E-state index contributed by atoms with van der Waals surface area (Å²) in [5.74, 6) is 1.83. The van der Waals surface area contributed by atoms with Gasteiger partial charge in [0.1, 0.15) is 5.82 Å². The number of aryl methyl sites for hydroxylation is 1. The summed E-state index contributed by atoms with van der Waals surface area (Å²) in [7, 11) is 1.80. The Morgan fingerprint density at radius 3 is 2.69 bits per heavy atom. The third-order valence-corrected chi connectivity index (χ3v) is 5.57. The van der Waals surface area contributed by atoms with Gasteiger partial charge in [-0.1, -0.05) is 13.0 Å². The van der Waals surface area contributed by atoms with Crippen LogP contribution in [0.3, 0.4) is 0 Å². The SMILES string of the molecule is CCc1ccc(CNC(=NC)NCc2cccnc2N2CCOCC2)s1. The molecular weight excluding hydrogens is 346 g/mol. The largest absolute Gasteiger partial charge is 0.378 e. The number of hydrogen-bond donors (Lipinski definition) is 2. The van der Waals surface area contributed by atoms with Gasteiger partial charge in [0.15, 0.2) is 5.96 Å². The highest BCUT2D eigenvalue weighted by molar-refractivity contribution is 7.11. The number of guanidine groups is 1. The van der Waals surface area contributed by atoms with Crippen molar-refractivity contribution >= 4 is 23.1 Å². The number of pyridine rings is 1. The molecule has 0 spiro atoms. The molecule has 1 aliphatic rings. The Balaban J connectivity index is 1.56. The molecule has 0 aliphatic carbocycles. The number of nitrogens with one attached hydrogen (secondary N) is 2. The summed E-state index contributed by atoms with van der Waals surface area (Å²) < 4.78 is 5.45. The van der Waals surface area contributed by atoms with Crippen molar-refractivity contribution < 1.29 is 4.74 Å². The zero-order chi connectivity index (χ0) is 18.2. The number of morpholine rings is 1. The van der Waals surface area contributed by atoms with Gasteiger partial charge in [-0.2, -0.15) is 0 Å². The van der Waals surface area contributed by atoms with E-state index in [0.29, 0.717) is 6.54 Å². The van der Waals surface area contributed by atoms with E-state index in [-0.39, 0.29) is 0 Å². The second-order valence-electron chi connectivity index (χ2n) is 6.09. The fraction of sp³-hybridized carbons (Fsp3) is 0.474. The summed E-state index contributed by atoms with van der Waals surface area (Å²) >= 11 is 1.85. The quantitative estimate of drug-likeness (QED) is 0.601. The van der Waals surface area contributed by atoms with Gasteiger partial charge >= 0.3 is 0 Å². The van der Waals surface area contributed by atoms with Gasteiger partial charge in [-0.05, 0) is 24.6 Å². The smallest absolute Gasteiger partial charge is 0.191 e. The number of ether oxygens (including phenoxy) is 1. The molecule has 3 heterocycles. The van der Waals surface area contributed by atoms with Crippen LogP contribution in [0, 0.1) is 0 Å². The molecular formula is C19H27N5OS. The number of nitrogens with zero attached hydrogens (tertiary/aromatic N) is 3. The van der Waals surface area contributed by atoms with E-state index < -0.39 is 0 Å². The fourth-order valence-corrected chi connectivity index (χ4v) is 3.80. The van der Waals surface area contributed by atoms with Crippen molar-refractivity contribution in [1.29, 1.82) is 0 Å². The normalized spacial score (nSPS) is 15.2. The summed E-state index contributed by atoms with van der Waals surface area (Å²) in [6.07, 6.45) is 2.94. The number of aliphatic imine (C=N–C) groups is 1. The average molecular weight is 374 g/mol. The van der Waals surface area contributed by atoms with Crippen molar-refractivity contribution in [3.05, 3.63) is 45.8 Å². The zero-order valence-corrected chi connectivity index (χ0v) is 16.3. The van der Waals surface area contributed by atoms with Crippen LogP contribution in [-0.2, 0) is 24.2 Å². The molecule has 1 fully saturated rings. The fourth-order valence-electron chi connectivity index (χ4n) is 2.91. The monoisotopic (exact) mass is 373 g/mol. The first-order valence-electron chi connectivity index (χ1n) is 9.09. The Morgan fingerprint density at radius 2 is 1.96 bits per heavy atom. The van der Waals surface area contributed by atoms with Crippen LogP contribution in [0.4, 0.5) is 5.82 Å². The molecule has 0 atom stereocenters. The summed E-state index contributed by atoms with van der Waals surface area (Å²) in [5, 5.41) is 6.79. The summed E-state index contributed by atoms with van der Waals surface area (Å²) in [4.78, 5) is 13.9. The summed E-state index contributed by atoms with van der Waals surface area (Å²) in [6, 6.07) is 8.48. The van der Waals surface area contributed by atoms with Crippen LogP contribution in [-0.4, -0.2) is 44.3 Å². The topological polar surface area (TPSA) is 61.8 Å². The first-order valence-corrected chi connectivity index (χ1v) is 9.90. The lowest BCUT2D eigenvalue weighted by atomic mass is 10.2. The van der Waals surface area contributed by atoms with Crippen molar-refractivity contribution in [1.82, 2.24) is 15.6 Å². The number of anilines is 1. The van der Waals surface area contributed by atoms with E-state index in [9.17, 15) is 0 Å². The first-order chi connectivity index (χ1) is 12.8. The van der Waals surface area contributed by atoms with Crippen molar-refractivity contribution in [2.75, 3.05) is 38.3 Å². The highest BCUT2D eigenvalue weighted by atomic mass is 32.1. The van der Waals surface area contributed by atoms with E-state index in [1.807, 2.05) is 23.6 Å². The van der Waals surface area contributed by atoms with Crippen molar-refractivity contribution in [2.45, 2.75) is 26.4 Å². The molecule has 0 unspecified atom stereocenters. The lowest BCUT2D eigenvalue weighted by molar-refractivity contribution is 0.122. The van der Waals surface area contributed by atoms with E-state index in [0.717, 1.165) is 51.0 Å². The second kappa shape index (κ2) is 9.54. The molecule has 2 aromatic heterocycles. The molecule has 2 N–H and O–H groups in total. The van der Waals surface area contributed by atoms with Crippen LogP contribution in [0.2, 0.25) is 0 Å². The van der Waals surface area contributed by atoms with Crippen molar-refractivity contribution in [3.8, 4) is 0 Å². The second-order valence-corrected chi connectivity index (χ2v) is 7.34. The summed E-state index contributed by atoms with van der Waals surface area (Å²) in [5.41, 5.74) is 1.17. The van der Waals surface area contributed by atoms with E-state index in [1.54, 1.807) is 7.05 Å². The van der Waals surface area contributed by atoms with Crippen LogP contribution in [0.25, 0.3) is 0 Å². The Labute approximate surface area is 159 Å². The predicted molar refractivity (Wildman–Crippen MR) is 108 cm³/mol. The van der Waals surface area contributed by atoms with Gasteiger partial charge in [0, 0.05) is 48.2 Å². The molecule has 0 radical (unpaired) electrons. The molecule has 140 valence electrons. The zero-order valence-electron chi connectivity index (χ0n) is 15.5. The van der Waals surface area contributed by atoms with Gasteiger partial charge in [-0.3, -0.25) is 4.99 Å². The Bertz CT molecular complexity index is 724.